The van der Waals surface area contributed by atoms with Gasteiger partial charge in [-0.2, -0.15) is 4.98 Å². The molecule has 0 amide bonds. The molecule has 0 aliphatic carbocycles. The number of hydrogen-bond acceptors (Lipinski definition) is 7. The number of thiophene rings is 1. The SMILES string of the molecule is CN/C=C(\N)c1nc(O)c2sc(-c3ccncc3)c(-c3ccccc3)c2n1. The van der Waals surface area contributed by atoms with Crippen molar-refractivity contribution in [3.8, 4) is 27.4 Å². The Bertz CT molecular complexity index is 1120. The summed E-state index contributed by atoms with van der Waals surface area (Å²) in [6, 6.07) is 13.9. The third-order valence-corrected chi connectivity index (χ3v) is 5.30. The zero-order valence-corrected chi connectivity index (χ0v) is 15.4. The predicted octanol–water partition coefficient (Wildman–Crippen LogP) is 3.60. The molecule has 27 heavy (non-hydrogen) atoms. The Morgan fingerprint density at radius 1 is 1.07 bits per heavy atom. The number of pyridine rings is 1. The number of aromatic nitrogens is 3. The second-order valence-corrected chi connectivity index (χ2v) is 6.87. The van der Waals surface area contributed by atoms with Crippen LogP contribution in [0.4, 0.5) is 0 Å². The summed E-state index contributed by atoms with van der Waals surface area (Å²) in [7, 11) is 1.74. The molecule has 0 radical (unpaired) electrons. The maximum absolute atomic E-state index is 10.5. The Morgan fingerprint density at radius 3 is 2.52 bits per heavy atom. The van der Waals surface area contributed by atoms with E-state index in [0.29, 0.717) is 15.9 Å². The summed E-state index contributed by atoms with van der Waals surface area (Å²) in [5, 5.41) is 13.4. The van der Waals surface area contributed by atoms with Crippen molar-refractivity contribution in [1.82, 2.24) is 20.3 Å². The molecule has 0 unspecified atom stereocenters. The zero-order chi connectivity index (χ0) is 18.8. The smallest absolute Gasteiger partial charge is 0.233 e. The quantitative estimate of drug-likeness (QED) is 0.504. The average molecular weight is 375 g/mol. The van der Waals surface area contributed by atoms with Gasteiger partial charge in [0.25, 0.3) is 0 Å². The van der Waals surface area contributed by atoms with Crippen LogP contribution >= 0.6 is 11.3 Å². The highest BCUT2D eigenvalue weighted by atomic mass is 32.1. The lowest BCUT2D eigenvalue weighted by Crippen LogP contribution is -2.07. The van der Waals surface area contributed by atoms with Crippen molar-refractivity contribution in [2.45, 2.75) is 0 Å². The first-order valence-corrected chi connectivity index (χ1v) is 9.13. The van der Waals surface area contributed by atoms with Crippen LogP contribution in [0.1, 0.15) is 5.82 Å². The fourth-order valence-electron chi connectivity index (χ4n) is 2.89. The second-order valence-electron chi connectivity index (χ2n) is 5.85. The van der Waals surface area contributed by atoms with Crippen LogP contribution in [0, 0.1) is 0 Å². The molecule has 0 spiro atoms. The van der Waals surface area contributed by atoms with Crippen molar-refractivity contribution in [3.63, 3.8) is 0 Å². The number of aromatic hydroxyl groups is 1. The van der Waals surface area contributed by atoms with Crippen molar-refractivity contribution in [2.24, 2.45) is 5.73 Å². The lowest BCUT2D eigenvalue weighted by Gasteiger charge is -2.06. The molecule has 3 heterocycles. The lowest BCUT2D eigenvalue weighted by molar-refractivity contribution is 0.459. The molecule has 0 saturated heterocycles. The first-order chi connectivity index (χ1) is 13.2. The molecule has 134 valence electrons. The standard InChI is InChI=1S/C20H17N5OS/c1-22-11-14(21)19-24-16-15(12-5-3-2-4-6-12)17(13-7-9-23-10-8-13)27-18(16)20(26)25-19/h2-11,22H,21H2,1H3,(H,24,25,26)/b14-11-. The van der Waals surface area contributed by atoms with E-state index < -0.39 is 0 Å². The molecule has 6 nitrogen and oxygen atoms in total. The number of benzene rings is 1. The summed E-state index contributed by atoms with van der Waals surface area (Å²) in [5.74, 6) is 0.204. The van der Waals surface area contributed by atoms with E-state index in [0.717, 1.165) is 21.6 Å². The Morgan fingerprint density at radius 2 is 1.81 bits per heavy atom. The maximum Gasteiger partial charge on any atom is 0.233 e. The molecule has 0 aliphatic heterocycles. The minimum atomic E-state index is -0.0788. The van der Waals surface area contributed by atoms with Crippen LogP contribution in [0.25, 0.3) is 37.5 Å². The summed E-state index contributed by atoms with van der Waals surface area (Å²) >= 11 is 1.45. The van der Waals surface area contributed by atoms with Crippen molar-refractivity contribution < 1.29 is 5.11 Å². The van der Waals surface area contributed by atoms with Crippen LogP contribution in [-0.4, -0.2) is 27.1 Å². The third kappa shape index (κ3) is 3.09. The molecule has 4 aromatic rings. The molecule has 4 rings (SSSR count). The molecule has 7 heteroatoms. The van der Waals surface area contributed by atoms with Gasteiger partial charge in [-0.1, -0.05) is 30.3 Å². The molecule has 3 aromatic heterocycles. The summed E-state index contributed by atoms with van der Waals surface area (Å²) in [6.45, 7) is 0. The van der Waals surface area contributed by atoms with E-state index in [9.17, 15) is 5.11 Å². The number of nitrogens with zero attached hydrogens (tertiary/aromatic N) is 3. The van der Waals surface area contributed by atoms with Crippen molar-refractivity contribution in [1.29, 1.82) is 0 Å². The molecular weight excluding hydrogens is 358 g/mol. The van der Waals surface area contributed by atoms with E-state index >= 15 is 0 Å². The largest absolute Gasteiger partial charge is 0.492 e. The second kappa shape index (κ2) is 7.05. The van der Waals surface area contributed by atoms with Crippen LogP contribution in [0.3, 0.4) is 0 Å². The van der Waals surface area contributed by atoms with Gasteiger partial charge in [-0.15, -0.1) is 11.3 Å². The predicted molar refractivity (Wildman–Crippen MR) is 109 cm³/mol. The van der Waals surface area contributed by atoms with Crippen molar-refractivity contribution >= 4 is 27.3 Å². The third-order valence-electron chi connectivity index (χ3n) is 4.08. The van der Waals surface area contributed by atoms with E-state index in [1.165, 1.54) is 11.3 Å². The van der Waals surface area contributed by atoms with Crippen LogP contribution in [0.5, 0.6) is 5.88 Å². The zero-order valence-electron chi connectivity index (χ0n) is 14.5. The number of nitrogens with one attached hydrogen (secondary N) is 1. The Labute approximate surface area is 160 Å². The fourth-order valence-corrected chi connectivity index (χ4v) is 4.05. The van der Waals surface area contributed by atoms with Gasteiger partial charge in [0.05, 0.1) is 11.2 Å². The van der Waals surface area contributed by atoms with Crippen molar-refractivity contribution in [3.05, 3.63) is 66.9 Å². The van der Waals surface area contributed by atoms with E-state index in [1.807, 2.05) is 42.5 Å². The topological polar surface area (TPSA) is 97.0 Å². The number of fused-ring (bicyclic) bond motifs is 1. The average Bonchev–Trinajstić information content (AvgIpc) is 3.09. The molecule has 1 aromatic carbocycles. The maximum atomic E-state index is 10.5. The van der Waals surface area contributed by atoms with Gasteiger partial charge < -0.3 is 16.2 Å². The van der Waals surface area contributed by atoms with Crippen LogP contribution in [-0.2, 0) is 0 Å². The highest BCUT2D eigenvalue weighted by molar-refractivity contribution is 7.23. The summed E-state index contributed by atoms with van der Waals surface area (Å²) in [4.78, 5) is 13.9. The highest BCUT2D eigenvalue weighted by Crippen LogP contribution is 2.46. The Kier molecular flexibility index (Phi) is 4.43. The van der Waals surface area contributed by atoms with Gasteiger partial charge in [-0.3, -0.25) is 4.98 Å². The number of nitrogens with two attached hydrogens (primary N) is 1. The molecule has 0 fully saturated rings. The lowest BCUT2D eigenvalue weighted by atomic mass is 10.0. The molecule has 0 aliphatic rings. The van der Waals surface area contributed by atoms with Gasteiger partial charge in [0.15, 0.2) is 5.82 Å². The monoisotopic (exact) mass is 375 g/mol. The summed E-state index contributed by atoms with van der Waals surface area (Å²) < 4.78 is 0.627. The van der Waals surface area contributed by atoms with E-state index in [2.05, 4.69) is 20.3 Å². The molecular formula is C20H17N5OS. The van der Waals surface area contributed by atoms with Crippen LogP contribution in [0.15, 0.2) is 61.1 Å². The normalized spacial score (nSPS) is 11.7. The number of hydrogen-bond donors (Lipinski definition) is 3. The van der Waals surface area contributed by atoms with Gasteiger partial charge in [-0.05, 0) is 23.3 Å². The molecule has 4 N–H and O–H groups in total. The van der Waals surface area contributed by atoms with Gasteiger partial charge in [0.2, 0.25) is 5.88 Å². The van der Waals surface area contributed by atoms with E-state index in [-0.39, 0.29) is 11.7 Å². The Hall–Kier alpha value is -3.45. The minimum absolute atomic E-state index is 0.0788. The Balaban J connectivity index is 2.07. The number of rotatable bonds is 4. The van der Waals surface area contributed by atoms with Crippen LogP contribution < -0.4 is 11.1 Å². The molecule has 0 atom stereocenters. The summed E-state index contributed by atoms with van der Waals surface area (Å²) in [6.07, 6.45) is 5.09. The van der Waals surface area contributed by atoms with E-state index in [4.69, 9.17) is 5.73 Å². The van der Waals surface area contributed by atoms with Crippen LogP contribution in [0.2, 0.25) is 0 Å². The molecule has 0 saturated carbocycles. The van der Waals surface area contributed by atoms with E-state index in [1.54, 1.807) is 25.6 Å². The minimum Gasteiger partial charge on any atom is -0.492 e. The summed E-state index contributed by atoms with van der Waals surface area (Å²) in [5.41, 5.74) is 10.0. The van der Waals surface area contributed by atoms with Gasteiger partial charge >= 0.3 is 0 Å². The molecule has 0 bridgehead atoms. The highest BCUT2D eigenvalue weighted by Gasteiger charge is 2.21. The first-order valence-electron chi connectivity index (χ1n) is 8.31. The van der Waals surface area contributed by atoms with Gasteiger partial charge in [0.1, 0.15) is 4.70 Å². The van der Waals surface area contributed by atoms with Gasteiger partial charge in [0, 0.05) is 36.1 Å². The first kappa shape index (κ1) is 17.0. The van der Waals surface area contributed by atoms with Gasteiger partial charge in [-0.25, -0.2) is 4.98 Å². The fraction of sp³-hybridized carbons (Fsp3) is 0.0500. The van der Waals surface area contributed by atoms with Crippen molar-refractivity contribution in [2.75, 3.05) is 7.05 Å².